The Hall–Kier alpha value is -1.63. The van der Waals surface area contributed by atoms with Crippen molar-refractivity contribution in [2.45, 2.75) is 32.4 Å². The third-order valence-electron chi connectivity index (χ3n) is 5.35. The van der Waals surface area contributed by atoms with E-state index in [1.165, 1.54) is 43.5 Å². The number of likely N-dealkylation sites (tertiary alicyclic amines) is 1. The zero-order chi connectivity index (χ0) is 18.7. The molecule has 0 bridgehead atoms. The van der Waals surface area contributed by atoms with Gasteiger partial charge in [-0.2, -0.15) is 0 Å². The average molecular weight is 374 g/mol. The highest BCUT2D eigenvalue weighted by Crippen LogP contribution is 2.10. The molecule has 6 nitrogen and oxygen atoms in total. The molecule has 3 rings (SSSR count). The van der Waals surface area contributed by atoms with Gasteiger partial charge in [-0.15, -0.1) is 0 Å². The Morgan fingerprint density at radius 1 is 1.00 bits per heavy atom. The molecule has 0 spiro atoms. The molecule has 0 radical (unpaired) electrons. The summed E-state index contributed by atoms with van der Waals surface area (Å²) in [5.41, 5.74) is 2.66. The molecule has 2 saturated heterocycles. The summed E-state index contributed by atoms with van der Waals surface area (Å²) < 4.78 is 5.43. The maximum Gasteiger partial charge on any atom is 0.191 e. The van der Waals surface area contributed by atoms with Gasteiger partial charge in [-0.25, -0.2) is 0 Å². The minimum atomic E-state index is 0.792. The average Bonchev–Trinajstić information content (AvgIpc) is 2.72. The van der Waals surface area contributed by atoms with E-state index >= 15 is 0 Å². The van der Waals surface area contributed by atoms with Crippen LogP contribution in [0.15, 0.2) is 29.3 Å². The molecule has 2 N–H and O–H groups in total. The van der Waals surface area contributed by atoms with E-state index in [2.05, 4.69) is 49.7 Å². The quantitative estimate of drug-likeness (QED) is 0.562. The summed E-state index contributed by atoms with van der Waals surface area (Å²) in [5, 5.41) is 6.88. The van der Waals surface area contributed by atoms with E-state index in [4.69, 9.17) is 4.74 Å². The number of ether oxygens (including phenoxy) is 1. The third-order valence-corrected chi connectivity index (χ3v) is 5.35. The highest BCUT2D eigenvalue weighted by atomic mass is 16.5. The number of hydrogen-bond acceptors (Lipinski definition) is 4. The van der Waals surface area contributed by atoms with Crippen molar-refractivity contribution in [1.29, 1.82) is 0 Å². The van der Waals surface area contributed by atoms with Gasteiger partial charge in [0.15, 0.2) is 5.96 Å². The van der Waals surface area contributed by atoms with E-state index in [9.17, 15) is 0 Å². The maximum atomic E-state index is 5.43. The van der Waals surface area contributed by atoms with Crippen molar-refractivity contribution in [3.05, 3.63) is 35.4 Å². The molecular formula is C21H35N5O. The van der Waals surface area contributed by atoms with Crippen LogP contribution in [-0.2, 0) is 17.8 Å². The van der Waals surface area contributed by atoms with Crippen LogP contribution in [0, 0.1) is 0 Å². The minimum absolute atomic E-state index is 0.792. The number of morpholine rings is 1. The predicted molar refractivity (Wildman–Crippen MR) is 111 cm³/mol. The second-order valence-electron chi connectivity index (χ2n) is 7.46. The molecule has 0 saturated carbocycles. The second kappa shape index (κ2) is 11.3. The summed E-state index contributed by atoms with van der Waals surface area (Å²) in [6.45, 7) is 10.0. The molecule has 1 aromatic carbocycles. The van der Waals surface area contributed by atoms with Gasteiger partial charge < -0.3 is 20.3 Å². The smallest absolute Gasteiger partial charge is 0.191 e. The van der Waals surface area contributed by atoms with Gasteiger partial charge >= 0.3 is 0 Å². The number of benzene rings is 1. The summed E-state index contributed by atoms with van der Waals surface area (Å²) >= 11 is 0. The van der Waals surface area contributed by atoms with Crippen molar-refractivity contribution in [2.75, 3.05) is 59.5 Å². The molecule has 2 fully saturated rings. The van der Waals surface area contributed by atoms with Crippen molar-refractivity contribution in [1.82, 2.24) is 20.4 Å². The largest absolute Gasteiger partial charge is 0.379 e. The lowest BCUT2D eigenvalue weighted by Gasteiger charge is -2.27. The first kappa shape index (κ1) is 20.1. The van der Waals surface area contributed by atoms with E-state index < -0.39 is 0 Å². The SMILES string of the molecule is CN=C(NCCN1CCCCC1)NCc1cccc(CN2CCOCC2)c1. The molecule has 6 heteroatoms. The van der Waals surface area contributed by atoms with Gasteiger partial charge in [0.2, 0.25) is 0 Å². The minimum Gasteiger partial charge on any atom is -0.379 e. The van der Waals surface area contributed by atoms with Crippen LogP contribution >= 0.6 is 0 Å². The van der Waals surface area contributed by atoms with Crippen molar-refractivity contribution >= 4 is 5.96 Å². The molecule has 0 amide bonds. The highest BCUT2D eigenvalue weighted by Gasteiger charge is 2.11. The Labute approximate surface area is 164 Å². The van der Waals surface area contributed by atoms with Crippen LogP contribution in [0.25, 0.3) is 0 Å². The molecular weight excluding hydrogens is 338 g/mol. The zero-order valence-corrected chi connectivity index (χ0v) is 16.8. The summed E-state index contributed by atoms with van der Waals surface area (Å²) in [7, 11) is 1.84. The lowest BCUT2D eigenvalue weighted by Crippen LogP contribution is -2.42. The van der Waals surface area contributed by atoms with Gasteiger partial charge in [-0.05, 0) is 37.1 Å². The lowest BCUT2D eigenvalue weighted by atomic mass is 10.1. The van der Waals surface area contributed by atoms with Crippen LogP contribution in [0.1, 0.15) is 30.4 Å². The fourth-order valence-corrected chi connectivity index (χ4v) is 3.78. The number of guanidine groups is 1. The van der Waals surface area contributed by atoms with Crippen molar-refractivity contribution in [3.63, 3.8) is 0 Å². The molecule has 0 atom stereocenters. The Bertz CT molecular complexity index is 580. The van der Waals surface area contributed by atoms with Gasteiger partial charge in [0.25, 0.3) is 0 Å². The standard InChI is InChI=1S/C21H35N5O/c1-22-21(23-8-11-25-9-3-2-4-10-25)24-17-19-6-5-7-20(16-19)18-26-12-14-27-15-13-26/h5-7,16H,2-4,8-15,17-18H2,1H3,(H2,22,23,24). The van der Waals surface area contributed by atoms with Crippen LogP contribution in [0.4, 0.5) is 0 Å². The van der Waals surface area contributed by atoms with Gasteiger partial charge in [0.1, 0.15) is 0 Å². The molecule has 0 aromatic heterocycles. The molecule has 1 aromatic rings. The maximum absolute atomic E-state index is 5.43. The second-order valence-corrected chi connectivity index (χ2v) is 7.46. The molecule has 2 heterocycles. The van der Waals surface area contributed by atoms with Crippen molar-refractivity contribution < 1.29 is 4.74 Å². The van der Waals surface area contributed by atoms with E-state index in [1.54, 1.807) is 0 Å². The van der Waals surface area contributed by atoms with Crippen molar-refractivity contribution in [3.8, 4) is 0 Å². The van der Waals surface area contributed by atoms with Crippen LogP contribution in [0.2, 0.25) is 0 Å². The van der Waals surface area contributed by atoms with E-state index in [0.717, 1.165) is 58.4 Å². The van der Waals surface area contributed by atoms with Crippen LogP contribution in [0.5, 0.6) is 0 Å². The molecule has 2 aliphatic heterocycles. The predicted octanol–water partition coefficient (Wildman–Crippen LogP) is 1.67. The number of hydrogen-bond donors (Lipinski definition) is 2. The summed E-state index contributed by atoms with van der Waals surface area (Å²) in [6, 6.07) is 8.84. The monoisotopic (exact) mass is 373 g/mol. The molecule has 2 aliphatic rings. The fourth-order valence-electron chi connectivity index (χ4n) is 3.78. The summed E-state index contributed by atoms with van der Waals surface area (Å²) in [4.78, 5) is 9.35. The normalized spacial score (nSPS) is 19.8. The van der Waals surface area contributed by atoms with Gasteiger partial charge in [-0.1, -0.05) is 30.7 Å². The molecule has 0 aliphatic carbocycles. The number of aliphatic imine (C=N–C) groups is 1. The first-order valence-electron chi connectivity index (χ1n) is 10.4. The van der Waals surface area contributed by atoms with Gasteiger partial charge in [0, 0.05) is 46.3 Å². The van der Waals surface area contributed by atoms with E-state index in [-0.39, 0.29) is 0 Å². The number of nitrogens with one attached hydrogen (secondary N) is 2. The molecule has 27 heavy (non-hydrogen) atoms. The number of nitrogens with zero attached hydrogens (tertiary/aromatic N) is 3. The van der Waals surface area contributed by atoms with Crippen LogP contribution in [-0.4, -0.2) is 75.3 Å². The zero-order valence-electron chi connectivity index (χ0n) is 16.8. The molecule has 150 valence electrons. The van der Waals surface area contributed by atoms with Crippen molar-refractivity contribution in [2.24, 2.45) is 4.99 Å². The Morgan fingerprint density at radius 2 is 1.78 bits per heavy atom. The number of rotatable bonds is 7. The summed E-state index contributed by atoms with van der Waals surface area (Å²) in [6.07, 6.45) is 4.07. The first-order chi connectivity index (χ1) is 13.3. The third kappa shape index (κ3) is 7.13. The molecule has 0 unspecified atom stereocenters. The van der Waals surface area contributed by atoms with Crippen LogP contribution in [0.3, 0.4) is 0 Å². The lowest BCUT2D eigenvalue weighted by molar-refractivity contribution is 0.0342. The fraction of sp³-hybridized carbons (Fsp3) is 0.667. The summed E-state index contributed by atoms with van der Waals surface area (Å²) in [5.74, 6) is 0.880. The topological polar surface area (TPSA) is 52.1 Å². The first-order valence-corrected chi connectivity index (χ1v) is 10.4. The highest BCUT2D eigenvalue weighted by molar-refractivity contribution is 5.79. The van der Waals surface area contributed by atoms with Gasteiger partial charge in [-0.3, -0.25) is 9.89 Å². The Kier molecular flexibility index (Phi) is 8.39. The van der Waals surface area contributed by atoms with Crippen LogP contribution < -0.4 is 10.6 Å². The van der Waals surface area contributed by atoms with E-state index in [1.807, 2.05) is 7.05 Å². The Balaban J connectivity index is 1.40. The number of piperidine rings is 1. The van der Waals surface area contributed by atoms with E-state index in [0.29, 0.717) is 0 Å². The Morgan fingerprint density at radius 3 is 2.56 bits per heavy atom. The van der Waals surface area contributed by atoms with Gasteiger partial charge in [0.05, 0.1) is 13.2 Å².